The van der Waals surface area contributed by atoms with Crippen LogP contribution < -0.4 is 0 Å². The maximum Gasteiger partial charge on any atom is 0.330 e. The molecule has 65 heavy (non-hydrogen) atoms. The van der Waals surface area contributed by atoms with Gasteiger partial charge in [-0.1, -0.05) is 6.08 Å². The Morgan fingerprint density at radius 2 is 1.25 bits per heavy atom. The molecule has 22 nitrogen and oxygen atoms in total. The van der Waals surface area contributed by atoms with Gasteiger partial charge in [-0.3, -0.25) is 0 Å². The molecule has 0 aromatic heterocycles. The molecule has 4 heterocycles. The van der Waals surface area contributed by atoms with Crippen LogP contribution in [0.2, 0.25) is 0 Å². The van der Waals surface area contributed by atoms with E-state index in [0.29, 0.717) is 44.9 Å². The van der Waals surface area contributed by atoms with Crippen molar-refractivity contribution < 1.29 is 109 Å². The molecule has 4 aliphatic heterocycles. The van der Waals surface area contributed by atoms with Crippen molar-refractivity contribution in [2.75, 3.05) is 20.3 Å². The first-order valence-electron chi connectivity index (χ1n) is 23.0. The summed E-state index contributed by atoms with van der Waals surface area (Å²) in [5.41, 5.74) is 0. The highest BCUT2D eigenvalue weighted by Crippen LogP contribution is 2.45. The Morgan fingerprint density at radius 1 is 0.615 bits per heavy atom. The number of carbonyl (C=O) groups excluding carboxylic acids is 1. The van der Waals surface area contributed by atoms with Crippen LogP contribution in [0, 0.1) is 17.8 Å². The Morgan fingerprint density at radius 3 is 1.91 bits per heavy atom. The zero-order chi connectivity index (χ0) is 46.9. The molecule has 3 aliphatic carbocycles. The van der Waals surface area contributed by atoms with Crippen LogP contribution in [-0.2, 0) is 47.4 Å². The lowest BCUT2D eigenvalue weighted by molar-refractivity contribution is -0.351. The van der Waals surface area contributed by atoms with Crippen molar-refractivity contribution in [1.29, 1.82) is 0 Å². The molecule has 3 saturated carbocycles. The maximum atomic E-state index is 12.8. The minimum Gasteiger partial charge on any atom is -0.454 e. The number of esters is 1. The molecule has 0 radical (unpaired) electrons. The SMILES string of the molecule is COC1CC(C=CC(=O)OC2C(C)OC(OCC3OC(OC4CC5C(OC6OC(CO)C(O)C(O)C6O)CC(O)CC5OC4C4CCC(O)CC4)C(O)C(O)C3O)C(O)C2O)CCC1O. The van der Waals surface area contributed by atoms with Gasteiger partial charge in [0, 0.05) is 25.5 Å². The van der Waals surface area contributed by atoms with Gasteiger partial charge in [-0.2, -0.15) is 0 Å². The van der Waals surface area contributed by atoms with Crippen LogP contribution >= 0.6 is 0 Å². The van der Waals surface area contributed by atoms with Gasteiger partial charge in [-0.15, -0.1) is 0 Å². The van der Waals surface area contributed by atoms with Crippen LogP contribution in [-0.4, -0.2) is 229 Å². The van der Waals surface area contributed by atoms with E-state index in [-0.39, 0.29) is 37.2 Å². The molecule has 7 aliphatic rings. The smallest absolute Gasteiger partial charge is 0.330 e. The summed E-state index contributed by atoms with van der Waals surface area (Å²) in [7, 11) is 1.51. The van der Waals surface area contributed by atoms with Gasteiger partial charge in [0.15, 0.2) is 25.0 Å². The van der Waals surface area contributed by atoms with Gasteiger partial charge in [0.05, 0.1) is 68.1 Å². The Hall–Kier alpha value is -1.59. The maximum absolute atomic E-state index is 12.8. The number of ether oxygens (including phenoxy) is 9. The summed E-state index contributed by atoms with van der Waals surface area (Å²) >= 11 is 0. The van der Waals surface area contributed by atoms with E-state index in [4.69, 9.17) is 42.6 Å². The van der Waals surface area contributed by atoms with Gasteiger partial charge < -0.3 is 104 Å². The quantitative estimate of drug-likeness (QED) is 0.0618. The van der Waals surface area contributed by atoms with E-state index in [2.05, 4.69) is 0 Å². The number of carbonyl (C=O) groups is 1. The first kappa shape index (κ1) is 51.3. The molecule has 24 atom stereocenters. The number of aliphatic hydroxyl groups is 12. The van der Waals surface area contributed by atoms with Crippen LogP contribution in [0.1, 0.15) is 71.1 Å². The molecule has 12 N–H and O–H groups in total. The summed E-state index contributed by atoms with van der Waals surface area (Å²) < 4.78 is 53.4. The molecule has 374 valence electrons. The number of hydrogen-bond acceptors (Lipinski definition) is 22. The second-order valence-corrected chi connectivity index (χ2v) is 19.0. The Balaban J connectivity index is 0.995. The summed E-state index contributed by atoms with van der Waals surface area (Å²) in [6.45, 7) is 0.287. The molecule has 7 rings (SSSR count). The molecule has 24 unspecified atom stereocenters. The van der Waals surface area contributed by atoms with E-state index in [1.54, 1.807) is 6.08 Å². The zero-order valence-corrected chi connectivity index (χ0v) is 36.6. The largest absolute Gasteiger partial charge is 0.454 e. The molecule has 0 spiro atoms. The molecule has 0 amide bonds. The van der Waals surface area contributed by atoms with Crippen molar-refractivity contribution in [3.05, 3.63) is 12.2 Å². The van der Waals surface area contributed by atoms with Crippen molar-refractivity contribution in [3.63, 3.8) is 0 Å². The fourth-order valence-corrected chi connectivity index (χ4v) is 10.7. The van der Waals surface area contributed by atoms with Gasteiger partial charge in [-0.25, -0.2) is 4.79 Å². The van der Waals surface area contributed by atoms with Crippen LogP contribution in [0.4, 0.5) is 0 Å². The standard InChI is InChI=1S/C43H70O22/c1-17-39(65-30(48)10-4-18-3-9-23(47)26(11-18)57-2)35(53)38(56)41(59-17)58-16-29-32(50)34(52)37(55)43(64-29)62-27-14-22-24(60-40(27)19-5-7-20(45)8-6-19)12-21(46)13-25(22)61-42-36(54)33(51)31(49)28(15-44)63-42/h4,10,17-29,31-47,49-56H,3,5-9,11-16H2,1-2H3. The molecule has 0 bridgehead atoms. The Kier molecular flexibility index (Phi) is 17.7. The third kappa shape index (κ3) is 11.7. The highest BCUT2D eigenvalue weighted by atomic mass is 16.7. The summed E-state index contributed by atoms with van der Waals surface area (Å²) in [5, 5.41) is 128. The van der Waals surface area contributed by atoms with E-state index in [1.165, 1.54) is 20.1 Å². The van der Waals surface area contributed by atoms with Crippen molar-refractivity contribution in [3.8, 4) is 0 Å². The highest BCUT2D eigenvalue weighted by Gasteiger charge is 2.54. The summed E-state index contributed by atoms with van der Waals surface area (Å²) in [4.78, 5) is 12.8. The summed E-state index contributed by atoms with van der Waals surface area (Å²) in [6, 6.07) is 0. The second-order valence-electron chi connectivity index (χ2n) is 19.0. The van der Waals surface area contributed by atoms with Gasteiger partial charge in [0.25, 0.3) is 0 Å². The molecule has 0 aromatic rings. The molecule has 7 fully saturated rings. The van der Waals surface area contributed by atoms with Crippen molar-refractivity contribution >= 4 is 5.97 Å². The number of allylic oxidation sites excluding steroid dienone is 1. The first-order chi connectivity index (χ1) is 31.0. The molecular formula is C43H70O22. The number of methoxy groups -OCH3 is 1. The van der Waals surface area contributed by atoms with Crippen LogP contribution in [0.5, 0.6) is 0 Å². The van der Waals surface area contributed by atoms with Crippen LogP contribution in [0.15, 0.2) is 12.2 Å². The fourth-order valence-electron chi connectivity index (χ4n) is 10.7. The second kappa shape index (κ2) is 22.4. The van der Waals surface area contributed by atoms with E-state index in [1.807, 2.05) is 0 Å². The first-order valence-corrected chi connectivity index (χ1v) is 23.0. The average Bonchev–Trinajstić information content (AvgIpc) is 3.29. The van der Waals surface area contributed by atoms with Crippen molar-refractivity contribution in [2.45, 2.75) is 212 Å². The topological polar surface area (TPSA) is 343 Å². The highest BCUT2D eigenvalue weighted by molar-refractivity contribution is 5.82. The minimum atomic E-state index is -1.81. The van der Waals surface area contributed by atoms with Gasteiger partial charge in [-0.05, 0) is 76.5 Å². The van der Waals surface area contributed by atoms with Crippen molar-refractivity contribution in [1.82, 2.24) is 0 Å². The number of hydrogen-bond donors (Lipinski definition) is 12. The normalized spacial score (nSPS) is 51.0. The number of aliphatic hydroxyl groups excluding tert-OH is 12. The monoisotopic (exact) mass is 938 g/mol. The molecule has 4 saturated heterocycles. The third-order valence-corrected chi connectivity index (χ3v) is 14.6. The third-order valence-electron chi connectivity index (χ3n) is 14.6. The van der Waals surface area contributed by atoms with Crippen molar-refractivity contribution in [2.24, 2.45) is 17.8 Å². The van der Waals surface area contributed by atoms with Gasteiger partial charge >= 0.3 is 5.97 Å². The Bertz CT molecular complexity index is 1530. The lowest BCUT2D eigenvalue weighted by atomic mass is 9.73. The lowest BCUT2D eigenvalue weighted by Crippen LogP contribution is -2.63. The lowest BCUT2D eigenvalue weighted by Gasteiger charge is -2.52. The van der Waals surface area contributed by atoms with Crippen LogP contribution in [0.3, 0.4) is 0 Å². The van der Waals surface area contributed by atoms with Gasteiger partial charge in [0.1, 0.15) is 61.0 Å². The number of fused-ring (bicyclic) bond motifs is 1. The number of rotatable bonds is 13. The van der Waals surface area contributed by atoms with E-state index >= 15 is 0 Å². The van der Waals surface area contributed by atoms with E-state index in [9.17, 15) is 66.1 Å². The Labute approximate surface area is 376 Å². The molecule has 22 heteroatoms. The predicted molar refractivity (Wildman–Crippen MR) is 216 cm³/mol. The predicted octanol–water partition coefficient (Wildman–Crippen LogP) is -4.03. The fraction of sp³-hybridized carbons (Fsp3) is 0.930. The van der Waals surface area contributed by atoms with E-state index < -0.39 is 160 Å². The van der Waals surface area contributed by atoms with Gasteiger partial charge in [0.2, 0.25) is 0 Å². The minimum absolute atomic E-state index is 0.0464. The van der Waals surface area contributed by atoms with E-state index in [0.717, 1.165) is 0 Å². The molecule has 0 aromatic carbocycles. The zero-order valence-electron chi connectivity index (χ0n) is 36.6. The summed E-state index contributed by atoms with van der Waals surface area (Å²) in [6.07, 6.45) is -21.5. The average molecular weight is 939 g/mol. The summed E-state index contributed by atoms with van der Waals surface area (Å²) in [5.74, 6) is -1.51. The molecular weight excluding hydrogens is 868 g/mol. The van der Waals surface area contributed by atoms with Crippen LogP contribution in [0.25, 0.3) is 0 Å².